The Hall–Kier alpha value is -1.63. The highest BCUT2D eigenvalue weighted by Gasteiger charge is 2.64. The summed E-state index contributed by atoms with van der Waals surface area (Å²) in [6.07, 6.45) is -0.976. The van der Waals surface area contributed by atoms with Gasteiger partial charge in [-0.2, -0.15) is 0 Å². The van der Waals surface area contributed by atoms with Gasteiger partial charge in [0.1, 0.15) is 11.7 Å². The van der Waals surface area contributed by atoms with Crippen LogP contribution in [0.15, 0.2) is 12.1 Å². The molecule has 1 aromatic heterocycles. The van der Waals surface area contributed by atoms with E-state index >= 15 is 4.39 Å². The summed E-state index contributed by atoms with van der Waals surface area (Å²) in [6.45, 7) is 9.13. The third-order valence-electron chi connectivity index (χ3n) is 5.24. The zero-order valence-electron chi connectivity index (χ0n) is 15.8. The molecule has 1 aromatic rings. The summed E-state index contributed by atoms with van der Waals surface area (Å²) in [6, 6.07) is 3.11. The first-order valence-corrected chi connectivity index (χ1v) is 9.16. The second kappa shape index (κ2) is 6.22. The minimum atomic E-state index is -1.37. The molecule has 0 spiro atoms. The van der Waals surface area contributed by atoms with Crippen LogP contribution in [-0.2, 0) is 4.74 Å². The van der Waals surface area contributed by atoms with Gasteiger partial charge >= 0.3 is 6.09 Å². The summed E-state index contributed by atoms with van der Waals surface area (Å²) < 4.78 is 26.8. The summed E-state index contributed by atoms with van der Waals surface area (Å²) >= 11 is 5.73. The minimum Gasteiger partial charge on any atom is -0.470 e. The first kappa shape index (κ1) is 19.1. The lowest BCUT2D eigenvalue weighted by Gasteiger charge is -2.51. The molecule has 2 fully saturated rings. The Bertz CT molecular complexity index is 696. The molecule has 0 unspecified atom stereocenters. The number of piperidine rings is 1. The number of hydrogen-bond donors (Lipinski definition) is 0. The summed E-state index contributed by atoms with van der Waals surface area (Å²) in [5.74, 6) is 0.222. The highest BCUT2D eigenvalue weighted by atomic mass is 35.5. The van der Waals surface area contributed by atoms with E-state index in [-0.39, 0.29) is 11.0 Å². The van der Waals surface area contributed by atoms with E-state index < -0.39 is 35.0 Å². The van der Waals surface area contributed by atoms with Crippen molar-refractivity contribution in [2.45, 2.75) is 82.8 Å². The molecule has 8 heteroatoms. The third kappa shape index (κ3) is 3.33. The quantitative estimate of drug-likeness (QED) is 0.764. The summed E-state index contributed by atoms with van der Waals surface area (Å²) in [7, 11) is 0. The molecule has 3 heterocycles. The van der Waals surface area contributed by atoms with Gasteiger partial charge in [-0.05, 0) is 53.5 Å². The van der Waals surface area contributed by atoms with Crippen LogP contribution >= 0.6 is 11.6 Å². The average Bonchev–Trinajstić information content (AvgIpc) is 2.74. The van der Waals surface area contributed by atoms with Crippen LogP contribution in [-0.4, -0.2) is 50.1 Å². The highest BCUT2D eigenvalue weighted by Crippen LogP contribution is 2.52. The van der Waals surface area contributed by atoms with Gasteiger partial charge in [0.2, 0.25) is 5.88 Å². The number of amides is 1. The zero-order valence-corrected chi connectivity index (χ0v) is 16.5. The molecule has 4 atom stereocenters. The fourth-order valence-corrected chi connectivity index (χ4v) is 4.21. The Morgan fingerprint density at radius 2 is 2.00 bits per heavy atom. The summed E-state index contributed by atoms with van der Waals surface area (Å²) in [4.78, 5) is 14.4. The Labute approximate surface area is 158 Å². The molecule has 2 aliphatic rings. The van der Waals surface area contributed by atoms with Gasteiger partial charge in [0.05, 0.1) is 5.54 Å². The smallest absolute Gasteiger partial charge is 0.411 e. The fraction of sp³-hybridized carbons (Fsp3) is 0.722. The number of ether oxygens (including phenoxy) is 2. The Balaban J connectivity index is 1.84. The fourth-order valence-electron chi connectivity index (χ4n) is 4.11. The van der Waals surface area contributed by atoms with E-state index in [1.165, 1.54) is 0 Å². The molecular formula is C18H25ClFN3O3. The monoisotopic (exact) mass is 385 g/mol. The second-order valence-electron chi connectivity index (χ2n) is 8.63. The number of nitrogens with zero attached hydrogens (tertiary/aromatic N) is 3. The molecule has 2 saturated heterocycles. The van der Waals surface area contributed by atoms with Gasteiger partial charge in [-0.1, -0.05) is 11.6 Å². The van der Waals surface area contributed by atoms with E-state index in [1.807, 2.05) is 6.92 Å². The van der Waals surface area contributed by atoms with Gasteiger partial charge in [-0.15, -0.1) is 10.2 Å². The van der Waals surface area contributed by atoms with E-state index in [2.05, 4.69) is 10.2 Å². The van der Waals surface area contributed by atoms with Gasteiger partial charge in [0.25, 0.3) is 0 Å². The number of aromatic nitrogens is 2. The number of hydrogen-bond acceptors (Lipinski definition) is 5. The first-order chi connectivity index (χ1) is 11.9. The van der Waals surface area contributed by atoms with Crippen LogP contribution in [0.1, 0.15) is 53.9 Å². The predicted molar refractivity (Wildman–Crippen MR) is 95.1 cm³/mol. The molecule has 0 radical (unpaired) electrons. The Morgan fingerprint density at radius 3 is 2.58 bits per heavy atom. The number of carbonyl (C=O) groups is 1. The van der Waals surface area contributed by atoms with Crippen molar-refractivity contribution in [2.24, 2.45) is 0 Å². The molecule has 1 amide bonds. The maximum atomic E-state index is 15.5. The van der Waals surface area contributed by atoms with Crippen LogP contribution in [0.25, 0.3) is 0 Å². The lowest BCUT2D eigenvalue weighted by molar-refractivity contribution is -0.101. The predicted octanol–water partition coefficient (Wildman–Crippen LogP) is 4.17. The summed E-state index contributed by atoms with van der Waals surface area (Å²) in [5.41, 5.74) is -2.16. The van der Waals surface area contributed by atoms with Crippen LogP contribution in [0.2, 0.25) is 5.15 Å². The van der Waals surface area contributed by atoms with Crippen LogP contribution in [0, 0.1) is 0 Å². The van der Waals surface area contributed by atoms with E-state index in [0.29, 0.717) is 19.3 Å². The van der Waals surface area contributed by atoms with Gasteiger partial charge in [-0.25, -0.2) is 9.18 Å². The molecule has 3 rings (SSSR count). The zero-order chi connectivity index (χ0) is 19.3. The Kier molecular flexibility index (Phi) is 4.58. The van der Waals surface area contributed by atoms with Crippen molar-refractivity contribution in [1.29, 1.82) is 0 Å². The van der Waals surface area contributed by atoms with Gasteiger partial charge < -0.3 is 9.47 Å². The minimum absolute atomic E-state index is 0.222. The van der Waals surface area contributed by atoms with Gasteiger partial charge in [0, 0.05) is 18.0 Å². The molecule has 0 aromatic carbocycles. The number of halogens is 2. The number of carbonyl (C=O) groups excluding carboxylic acids is 1. The molecule has 0 N–H and O–H groups in total. The number of alkyl halides is 1. The maximum absolute atomic E-state index is 15.5. The Morgan fingerprint density at radius 1 is 1.31 bits per heavy atom. The van der Waals surface area contributed by atoms with Crippen molar-refractivity contribution in [1.82, 2.24) is 15.1 Å². The molecule has 144 valence electrons. The largest absolute Gasteiger partial charge is 0.470 e. The van der Waals surface area contributed by atoms with E-state index in [1.54, 1.807) is 44.7 Å². The van der Waals surface area contributed by atoms with Crippen molar-refractivity contribution in [3.8, 4) is 5.88 Å². The highest BCUT2D eigenvalue weighted by molar-refractivity contribution is 6.29. The van der Waals surface area contributed by atoms with E-state index in [9.17, 15) is 4.79 Å². The van der Waals surface area contributed by atoms with E-state index in [0.717, 1.165) is 0 Å². The van der Waals surface area contributed by atoms with Crippen molar-refractivity contribution >= 4 is 17.7 Å². The molecule has 0 saturated carbocycles. The molecular weight excluding hydrogens is 361 g/mol. The summed E-state index contributed by atoms with van der Waals surface area (Å²) in [5, 5.41) is 7.82. The SMILES string of the molecule is CC(C)(C)OC(=O)N1[C@@]2(C)CC[C@]1(C)[C@@H](F)[C@@H](Oc1ccc(Cl)nn1)C2. The number of rotatable bonds is 2. The van der Waals surface area contributed by atoms with Crippen molar-refractivity contribution in [2.75, 3.05) is 0 Å². The van der Waals surface area contributed by atoms with E-state index in [4.69, 9.17) is 21.1 Å². The van der Waals surface area contributed by atoms with Gasteiger partial charge in [-0.3, -0.25) is 4.90 Å². The average molecular weight is 386 g/mol. The molecule has 2 bridgehead atoms. The maximum Gasteiger partial charge on any atom is 0.411 e. The lowest BCUT2D eigenvalue weighted by atomic mass is 9.82. The van der Waals surface area contributed by atoms with Crippen molar-refractivity contribution < 1.29 is 18.7 Å². The van der Waals surface area contributed by atoms with Crippen molar-refractivity contribution in [3.05, 3.63) is 17.3 Å². The normalized spacial score (nSPS) is 33.9. The molecule has 2 aliphatic heterocycles. The molecule has 26 heavy (non-hydrogen) atoms. The van der Waals surface area contributed by atoms with Crippen LogP contribution < -0.4 is 4.74 Å². The van der Waals surface area contributed by atoms with Gasteiger partial charge in [0.15, 0.2) is 11.3 Å². The van der Waals surface area contributed by atoms with Crippen LogP contribution in [0.5, 0.6) is 5.88 Å². The van der Waals surface area contributed by atoms with Crippen LogP contribution in [0.3, 0.4) is 0 Å². The lowest BCUT2D eigenvalue weighted by Crippen LogP contribution is -2.67. The first-order valence-electron chi connectivity index (χ1n) is 8.78. The second-order valence-corrected chi connectivity index (χ2v) is 9.01. The topological polar surface area (TPSA) is 64.5 Å². The standard InChI is InChI=1S/C18H25ClFN3O3/c1-16(2,3)26-15(24)23-17(4)8-9-18(23,5)14(20)11(10-17)25-13-7-6-12(19)21-22-13/h6-7,11,14H,8-10H2,1-5H3/t11-,14-,17-,18+/m0/s1. The number of fused-ring (bicyclic) bond motifs is 2. The molecule has 0 aliphatic carbocycles. The third-order valence-corrected chi connectivity index (χ3v) is 5.44. The van der Waals surface area contributed by atoms with Crippen LogP contribution in [0.4, 0.5) is 9.18 Å². The molecule has 6 nitrogen and oxygen atoms in total. The van der Waals surface area contributed by atoms with Crippen molar-refractivity contribution in [3.63, 3.8) is 0 Å².